The molecule has 0 saturated carbocycles. The molecule has 0 bridgehead atoms. The zero-order chi connectivity index (χ0) is 18.9. The van der Waals surface area contributed by atoms with Crippen LogP contribution in [0.25, 0.3) is 0 Å². The highest BCUT2D eigenvalue weighted by atomic mass is 35.5. The standard InChI is InChI=1S/C19H23N3O3S.ClH/c1-21(2)26(24,25)16-9-7-15-11-12-22(18(15)13-16)19(23)10-8-14-5-3-4-6-17(14)20;/h3-7,9,13H,8,10-12,20H2,1-2H3;1H. The van der Waals surface area contributed by atoms with Gasteiger partial charge in [0.2, 0.25) is 15.9 Å². The number of carbonyl (C=O) groups excluding carboxylic acids is 1. The zero-order valence-corrected chi connectivity index (χ0v) is 17.0. The first kappa shape index (κ1) is 21.2. The van der Waals surface area contributed by atoms with Crippen molar-refractivity contribution in [2.45, 2.75) is 24.2 Å². The van der Waals surface area contributed by atoms with Crippen LogP contribution in [0.4, 0.5) is 11.4 Å². The van der Waals surface area contributed by atoms with Crippen LogP contribution >= 0.6 is 12.4 Å². The summed E-state index contributed by atoms with van der Waals surface area (Å²) in [4.78, 5) is 14.6. The molecule has 1 aliphatic rings. The molecular formula is C19H24ClN3O3S. The highest BCUT2D eigenvalue weighted by Crippen LogP contribution is 2.32. The van der Waals surface area contributed by atoms with E-state index in [-0.39, 0.29) is 23.2 Å². The maximum absolute atomic E-state index is 12.7. The third-order valence-electron chi connectivity index (χ3n) is 4.70. The van der Waals surface area contributed by atoms with E-state index in [1.54, 1.807) is 23.1 Å². The largest absolute Gasteiger partial charge is 0.399 e. The first-order valence-corrected chi connectivity index (χ1v) is 9.94. The Morgan fingerprint density at radius 1 is 1.19 bits per heavy atom. The van der Waals surface area contributed by atoms with Gasteiger partial charge in [0.25, 0.3) is 0 Å². The second kappa shape index (κ2) is 8.29. The molecule has 1 amide bonds. The molecule has 27 heavy (non-hydrogen) atoms. The van der Waals surface area contributed by atoms with Gasteiger partial charge in [0, 0.05) is 38.4 Å². The molecule has 146 valence electrons. The van der Waals surface area contributed by atoms with E-state index in [0.29, 0.717) is 30.8 Å². The number of amides is 1. The fourth-order valence-electron chi connectivity index (χ4n) is 3.13. The van der Waals surface area contributed by atoms with Gasteiger partial charge in [-0.1, -0.05) is 24.3 Å². The fraction of sp³-hybridized carbons (Fsp3) is 0.316. The van der Waals surface area contributed by atoms with E-state index in [0.717, 1.165) is 17.5 Å². The van der Waals surface area contributed by atoms with Crippen molar-refractivity contribution < 1.29 is 13.2 Å². The van der Waals surface area contributed by atoms with Crippen molar-refractivity contribution in [1.29, 1.82) is 0 Å². The van der Waals surface area contributed by atoms with Gasteiger partial charge in [0.05, 0.1) is 4.90 Å². The minimum Gasteiger partial charge on any atom is -0.399 e. The van der Waals surface area contributed by atoms with Gasteiger partial charge < -0.3 is 10.6 Å². The normalized spacial score (nSPS) is 13.4. The van der Waals surface area contributed by atoms with Crippen LogP contribution < -0.4 is 10.6 Å². The van der Waals surface area contributed by atoms with E-state index in [1.165, 1.54) is 18.4 Å². The van der Waals surface area contributed by atoms with Crippen LogP contribution in [0.1, 0.15) is 17.5 Å². The predicted octanol–water partition coefficient (Wildman–Crippen LogP) is 2.46. The molecule has 2 N–H and O–H groups in total. The number of sulfonamides is 1. The van der Waals surface area contributed by atoms with Crippen LogP contribution in [0.3, 0.4) is 0 Å². The molecule has 0 atom stereocenters. The van der Waals surface area contributed by atoms with Crippen LogP contribution in [0, 0.1) is 0 Å². The topological polar surface area (TPSA) is 83.7 Å². The lowest BCUT2D eigenvalue weighted by Gasteiger charge is -2.19. The second-order valence-corrected chi connectivity index (χ2v) is 8.72. The SMILES string of the molecule is CN(C)S(=O)(=O)c1ccc2c(c1)N(C(=O)CCc1ccccc1N)CC2.Cl. The summed E-state index contributed by atoms with van der Waals surface area (Å²) in [5.41, 5.74) is 9.26. The van der Waals surface area contributed by atoms with Crippen molar-refractivity contribution in [2.24, 2.45) is 0 Å². The minimum atomic E-state index is -3.53. The third kappa shape index (κ3) is 4.26. The highest BCUT2D eigenvalue weighted by molar-refractivity contribution is 7.89. The Labute approximate surface area is 166 Å². The Morgan fingerprint density at radius 2 is 1.89 bits per heavy atom. The number of aryl methyl sites for hydroxylation is 1. The van der Waals surface area contributed by atoms with Gasteiger partial charge in [-0.3, -0.25) is 4.79 Å². The molecule has 0 fully saturated rings. The third-order valence-corrected chi connectivity index (χ3v) is 6.51. The quantitative estimate of drug-likeness (QED) is 0.769. The van der Waals surface area contributed by atoms with E-state index in [2.05, 4.69) is 0 Å². The van der Waals surface area contributed by atoms with Gasteiger partial charge in [-0.2, -0.15) is 0 Å². The van der Waals surface area contributed by atoms with Crippen LogP contribution in [-0.2, 0) is 27.7 Å². The van der Waals surface area contributed by atoms with Crippen LogP contribution in [0.2, 0.25) is 0 Å². The van der Waals surface area contributed by atoms with Crippen molar-refractivity contribution >= 4 is 39.7 Å². The number of hydrogen-bond donors (Lipinski definition) is 1. The van der Waals surface area contributed by atoms with E-state index < -0.39 is 10.0 Å². The average Bonchev–Trinajstić information content (AvgIpc) is 3.04. The van der Waals surface area contributed by atoms with Gasteiger partial charge in [0.1, 0.15) is 0 Å². The number of nitrogens with zero attached hydrogens (tertiary/aromatic N) is 2. The lowest BCUT2D eigenvalue weighted by Crippen LogP contribution is -2.29. The molecule has 3 rings (SSSR count). The Morgan fingerprint density at radius 3 is 2.56 bits per heavy atom. The molecule has 0 spiro atoms. The first-order chi connectivity index (χ1) is 12.3. The molecule has 6 nitrogen and oxygen atoms in total. The fourth-order valence-corrected chi connectivity index (χ4v) is 4.05. The Kier molecular flexibility index (Phi) is 6.51. The number of para-hydroxylation sites is 1. The molecule has 1 heterocycles. The molecule has 0 aromatic heterocycles. The molecule has 0 aliphatic carbocycles. The highest BCUT2D eigenvalue weighted by Gasteiger charge is 2.27. The lowest BCUT2D eigenvalue weighted by molar-refractivity contribution is -0.118. The number of carbonyl (C=O) groups is 1. The Hall–Kier alpha value is -2.09. The van der Waals surface area contributed by atoms with Crippen LogP contribution in [-0.4, -0.2) is 39.3 Å². The van der Waals surface area contributed by atoms with Gasteiger partial charge in [-0.25, -0.2) is 12.7 Å². The number of anilines is 2. The van der Waals surface area contributed by atoms with Crippen molar-refractivity contribution in [3.63, 3.8) is 0 Å². The summed E-state index contributed by atoms with van der Waals surface area (Å²) in [5.74, 6) is -0.0218. The van der Waals surface area contributed by atoms with Gasteiger partial charge in [0.15, 0.2) is 0 Å². The monoisotopic (exact) mass is 409 g/mol. The summed E-state index contributed by atoms with van der Waals surface area (Å²) in [6, 6.07) is 12.5. The number of fused-ring (bicyclic) bond motifs is 1. The summed E-state index contributed by atoms with van der Waals surface area (Å²) >= 11 is 0. The first-order valence-electron chi connectivity index (χ1n) is 8.50. The van der Waals surface area contributed by atoms with E-state index in [9.17, 15) is 13.2 Å². The van der Waals surface area contributed by atoms with Gasteiger partial charge in [-0.05, 0) is 42.2 Å². The summed E-state index contributed by atoms with van der Waals surface area (Å²) in [5, 5.41) is 0. The van der Waals surface area contributed by atoms with Crippen molar-refractivity contribution in [1.82, 2.24) is 4.31 Å². The molecule has 1 aliphatic heterocycles. The minimum absolute atomic E-state index is 0. The zero-order valence-electron chi connectivity index (χ0n) is 15.4. The number of hydrogen-bond acceptors (Lipinski definition) is 4. The molecular weight excluding hydrogens is 386 g/mol. The summed E-state index contributed by atoms with van der Waals surface area (Å²) < 4.78 is 25.9. The van der Waals surface area contributed by atoms with E-state index >= 15 is 0 Å². The number of halogens is 1. The number of rotatable bonds is 5. The maximum atomic E-state index is 12.7. The molecule has 2 aromatic rings. The summed E-state index contributed by atoms with van der Waals surface area (Å²) in [6.45, 7) is 0.573. The van der Waals surface area contributed by atoms with E-state index in [1.807, 2.05) is 24.3 Å². The van der Waals surface area contributed by atoms with Crippen molar-refractivity contribution in [3.8, 4) is 0 Å². The Balaban J connectivity index is 0.00000261. The molecule has 2 aromatic carbocycles. The van der Waals surface area contributed by atoms with E-state index in [4.69, 9.17) is 5.73 Å². The predicted molar refractivity (Wildman–Crippen MR) is 110 cm³/mol. The van der Waals surface area contributed by atoms with Crippen molar-refractivity contribution in [2.75, 3.05) is 31.3 Å². The Bertz CT molecular complexity index is 945. The molecule has 0 unspecified atom stereocenters. The number of nitrogens with two attached hydrogens (primary N) is 1. The maximum Gasteiger partial charge on any atom is 0.242 e. The average molecular weight is 410 g/mol. The summed E-state index contributed by atoms with van der Waals surface area (Å²) in [7, 11) is -0.538. The van der Waals surface area contributed by atoms with Gasteiger partial charge in [-0.15, -0.1) is 12.4 Å². The van der Waals surface area contributed by atoms with Gasteiger partial charge >= 0.3 is 0 Å². The number of nitrogen functional groups attached to an aromatic ring is 1. The molecule has 0 saturated heterocycles. The lowest BCUT2D eigenvalue weighted by atomic mass is 10.1. The second-order valence-electron chi connectivity index (χ2n) is 6.57. The summed E-state index contributed by atoms with van der Waals surface area (Å²) in [6.07, 6.45) is 1.63. The van der Waals surface area contributed by atoms with Crippen LogP contribution in [0.15, 0.2) is 47.4 Å². The number of benzene rings is 2. The van der Waals surface area contributed by atoms with Crippen molar-refractivity contribution in [3.05, 3.63) is 53.6 Å². The van der Waals surface area contributed by atoms with Crippen LogP contribution in [0.5, 0.6) is 0 Å². The molecule has 8 heteroatoms. The smallest absolute Gasteiger partial charge is 0.242 e. The molecule has 0 radical (unpaired) electrons.